The molecular formula is C59H111N3O4S4. The van der Waals surface area contributed by atoms with E-state index in [9.17, 15) is 9.59 Å². The summed E-state index contributed by atoms with van der Waals surface area (Å²) in [5.41, 5.74) is 0.0179. The number of hydrogen-bond donors (Lipinski definition) is 0. The molecule has 7 nitrogen and oxygen atoms in total. The van der Waals surface area contributed by atoms with Crippen LogP contribution in [0.2, 0.25) is 0 Å². The third kappa shape index (κ3) is 38.1. The molecule has 0 amide bonds. The number of carbonyl (C=O) groups excluding carboxylic acids is 2. The number of hydrogen-bond acceptors (Lipinski definition) is 10. The molecule has 410 valence electrons. The van der Waals surface area contributed by atoms with Gasteiger partial charge in [0.1, 0.15) is 0 Å². The Balaban J connectivity index is 1.90. The number of unbranched alkanes of at least 4 members (excludes halogenated alkanes) is 24. The smallest absolute Gasteiger partial charge is 0.305 e. The maximum atomic E-state index is 13.4. The second-order valence-corrected chi connectivity index (χ2v) is 26.7. The summed E-state index contributed by atoms with van der Waals surface area (Å²) in [5, 5.41) is 0. The molecule has 0 bridgehead atoms. The first-order valence-corrected chi connectivity index (χ1v) is 34.1. The van der Waals surface area contributed by atoms with Crippen molar-refractivity contribution >= 4 is 59.0 Å². The Kier molecular flexibility index (Phi) is 45.2. The highest BCUT2D eigenvalue weighted by Gasteiger charge is 2.35. The number of carbonyl (C=O) groups is 2. The molecule has 0 atom stereocenters. The summed E-state index contributed by atoms with van der Waals surface area (Å²) in [4.78, 5) is 33.5. The lowest BCUT2D eigenvalue weighted by Crippen LogP contribution is -2.42. The minimum absolute atomic E-state index is 0.0179. The second kappa shape index (κ2) is 48.2. The van der Waals surface area contributed by atoms with Crippen LogP contribution >= 0.6 is 47.0 Å². The molecule has 2 heterocycles. The number of esters is 2. The fourth-order valence-corrected chi connectivity index (χ4v) is 15.3. The molecule has 0 radical (unpaired) electrons. The van der Waals surface area contributed by atoms with E-state index in [0.29, 0.717) is 35.2 Å². The van der Waals surface area contributed by atoms with Gasteiger partial charge in [-0.15, -0.1) is 47.0 Å². The van der Waals surface area contributed by atoms with Crippen molar-refractivity contribution in [1.82, 2.24) is 14.5 Å². The molecule has 0 spiro atoms. The van der Waals surface area contributed by atoms with E-state index in [-0.39, 0.29) is 17.4 Å². The average Bonchev–Trinajstić information content (AvgIpc) is 3.89. The van der Waals surface area contributed by atoms with Crippen LogP contribution in [0.3, 0.4) is 0 Å². The number of aryl methyl sites for hydroxylation is 1. The van der Waals surface area contributed by atoms with Gasteiger partial charge in [-0.3, -0.25) is 9.59 Å². The normalized spacial score (nSPS) is 14.0. The Morgan fingerprint density at radius 3 is 1.20 bits per heavy atom. The predicted octanol–water partition coefficient (Wildman–Crippen LogP) is 18.4. The van der Waals surface area contributed by atoms with Gasteiger partial charge in [-0.05, 0) is 119 Å². The van der Waals surface area contributed by atoms with Crippen LogP contribution in [0.25, 0.3) is 0 Å². The highest BCUT2D eigenvalue weighted by molar-refractivity contribution is 8.17. The first kappa shape index (κ1) is 65.6. The molecule has 1 aromatic rings. The van der Waals surface area contributed by atoms with Crippen molar-refractivity contribution in [3.05, 3.63) is 18.7 Å². The van der Waals surface area contributed by atoms with Gasteiger partial charge in [-0.25, -0.2) is 4.98 Å². The summed E-state index contributed by atoms with van der Waals surface area (Å²) < 4.78 is 15.2. The standard InChI is InChI=1S/C59H111N3O4S4/c1-5-9-13-17-21-25-29-50-67-57(68-51-30-26-22-18-14-10-6-2)36-34-55(63)65-48-40-59(38-45-61(46-39-59)43-33-44-62-47-42-60-54-62)41-49-66-56(64)35-37-58(69-52-31-27-23-19-15-11-7-3)70-53-32-28-24-20-16-12-8-4/h42,47,54,57-58H,5-41,43-46,48-53H2,1-4H3. The predicted molar refractivity (Wildman–Crippen MR) is 314 cm³/mol. The van der Waals surface area contributed by atoms with Crippen molar-refractivity contribution in [1.29, 1.82) is 0 Å². The highest BCUT2D eigenvalue weighted by atomic mass is 32.2. The van der Waals surface area contributed by atoms with E-state index < -0.39 is 0 Å². The zero-order valence-electron chi connectivity index (χ0n) is 46.2. The van der Waals surface area contributed by atoms with Crippen LogP contribution in [-0.2, 0) is 25.6 Å². The van der Waals surface area contributed by atoms with Crippen molar-refractivity contribution in [2.24, 2.45) is 5.41 Å². The zero-order valence-corrected chi connectivity index (χ0v) is 49.5. The number of aromatic nitrogens is 2. The number of rotatable bonds is 52. The summed E-state index contributed by atoms with van der Waals surface area (Å²) in [6.45, 7) is 14.2. The van der Waals surface area contributed by atoms with Crippen molar-refractivity contribution in [2.75, 3.05) is 55.9 Å². The molecular weight excluding hydrogens is 943 g/mol. The molecule has 1 aliphatic heterocycles. The van der Waals surface area contributed by atoms with Crippen molar-refractivity contribution in [3.63, 3.8) is 0 Å². The fourth-order valence-electron chi connectivity index (χ4n) is 9.68. The fraction of sp³-hybridized carbons (Fsp3) is 0.915. The lowest BCUT2D eigenvalue weighted by molar-refractivity contribution is -0.145. The third-order valence-electron chi connectivity index (χ3n) is 14.5. The van der Waals surface area contributed by atoms with E-state index >= 15 is 0 Å². The van der Waals surface area contributed by atoms with E-state index in [1.807, 2.05) is 18.7 Å². The van der Waals surface area contributed by atoms with Gasteiger partial charge < -0.3 is 18.9 Å². The molecule has 0 unspecified atom stereocenters. The van der Waals surface area contributed by atoms with Crippen LogP contribution in [0.5, 0.6) is 0 Å². The Morgan fingerprint density at radius 1 is 0.500 bits per heavy atom. The third-order valence-corrected chi connectivity index (χ3v) is 20.7. The van der Waals surface area contributed by atoms with Crippen molar-refractivity contribution in [2.45, 2.75) is 281 Å². The van der Waals surface area contributed by atoms with Crippen LogP contribution in [0, 0.1) is 5.41 Å². The monoisotopic (exact) mass is 1050 g/mol. The van der Waals surface area contributed by atoms with E-state index in [4.69, 9.17) is 9.47 Å². The van der Waals surface area contributed by atoms with Gasteiger partial charge in [-0.2, -0.15) is 0 Å². The van der Waals surface area contributed by atoms with Crippen LogP contribution in [0.15, 0.2) is 18.7 Å². The second-order valence-electron chi connectivity index (χ2n) is 20.8. The number of thioether (sulfide) groups is 4. The molecule has 0 saturated carbocycles. The first-order valence-electron chi connectivity index (χ1n) is 29.9. The molecule has 1 aromatic heterocycles. The van der Waals surface area contributed by atoms with E-state index in [2.05, 4.69) is 89.2 Å². The molecule has 0 N–H and O–H groups in total. The molecule has 2 rings (SSSR count). The minimum atomic E-state index is -0.0409. The van der Waals surface area contributed by atoms with Gasteiger partial charge in [0.2, 0.25) is 0 Å². The molecule has 11 heteroatoms. The lowest BCUT2D eigenvalue weighted by atomic mass is 9.73. The number of ether oxygens (including phenoxy) is 2. The molecule has 70 heavy (non-hydrogen) atoms. The van der Waals surface area contributed by atoms with Gasteiger partial charge >= 0.3 is 11.9 Å². The Bertz CT molecular complexity index is 1180. The summed E-state index contributed by atoms with van der Waals surface area (Å²) in [6.07, 6.45) is 51.0. The van der Waals surface area contributed by atoms with Gasteiger partial charge in [0.25, 0.3) is 0 Å². The Morgan fingerprint density at radius 2 is 0.857 bits per heavy atom. The first-order chi connectivity index (χ1) is 34.4. The zero-order chi connectivity index (χ0) is 50.3. The summed E-state index contributed by atoms with van der Waals surface area (Å²) in [7, 11) is 0. The van der Waals surface area contributed by atoms with Crippen molar-refractivity contribution < 1.29 is 19.1 Å². The molecule has 0 aliphatic carbocycles. The Hall–Kier alpha value is -0.490. The number of likely N-dealkylation sites (tertiary alicyclic amines) is 1. The van der Waals surface area contributed by atoms with Crippen molar-refractivity contribution in [3.8, 4) is 0 Å². The minimum Gasteiger partial charge on any atom is -0.466 e. The van der Waals surface area contributed by atoms with Crippen LogP contribution in [0.4, 0.5) is 0 Å². The highest BCUT2D eigenvalue weighted by Crippen LogP contribution is 2.39. The SMILES string of the molecule is CCCCCCCCCSC(CCC(=O)OCCC1(CCOC(=O)CCC(SCCCCCCCCC)SCCCCCCCCC)CCN(CCCn2ccnc2)CC1)SCCCCCCCCC. The van der Waals surface area contributed by atoms with Crippen LogP contribution < -0.4 is 0 Å². The van der Waals surface area contributed by atoms with Gasteiger partial charge in [-0.1, -0.05) is 182 Å². The number of imidazole rings is 1. The largest absolute Gasteiger partial charge is 0.466 e. The van der Waals surface area contributed by atoms with E-state index in [1.54, 1.807) is 0 Å². The summed E-state index contributed by atoms with van der Waals surface area (Å²) >= 11 is 8.36. The quantitative estimate of drug-likeness (QED) is 0.0358. The Labute approximate surface area is 450 Å². The van der Waals surface area contributed by atoms with E-state index in [1.165, 1.54) is 203 Å². The molecule has 1 aliphatic rings. The van der Waals surface area contributed by atoms with Gasteiger partial charge in [0, 0.05) is 31.8 Å². The molecule has 1 fully saturated rings. The molecule has 0 aromatic carbocycles. The summed E-state index contributed by atoms with van der Waals surface area (Å²) in [5.74, 6) is 4.71. The summed E-state index contributed by atoms with van der Waals surface area (Å²) in [6, 6.07) is 0. The van der Waals surface area contributed by atoms with Gasteiger partial charge in [0.05, 0.1) is 28.7 Å². The van der Waals surface area contributed by atoms with E-state index in [0.717, 1.165) is 71.1 Å². The number of nitrogens with zero attached hydrogens (tertiary/aromatic N) is 3. The average molecular weight is 1050 g/mol. The van der Waals surface area contributed by atoms with Gasteiger partial charge in [0.15, 0.2) is 0 Å². The molecule has 1 saturated heterocycles. The topological polar surface area (TPSA) is 73.7 Å². The van der Waals surface area contributed by atoms with Crippen LogP contribution in [0.1, 0.15) is 265 Å². The maximum Gasteiger partial charge on any atom is 0.305 e. The lowest BCUT2D eigenvalue weighted by Gasteiger charge is -2.42. The van der Waals surface area contributed by atoms with Crippen LogP contribution in [-0.4, -0.2) is 91.4 Å². The maximum absolute atomic E-state index is 13.4. The number of piperidine rings is 1.